The number of nitrogens with zero attached hydrogens (tertiary/aromatic N) is 1. The van der Waals surface area contributed by atoms with Crippen LogP contribution in [0.3, 0.4) is 0 Å². The Morgan fingerprint density at radius 2 is 1.96 bits per heavy atom. The van der Waals surface area contributed by atoms with E-state index in [0.29, 0.717) is 25.4 Å². The smallest absolute Gasteiger partial charge is 0.242 e. The fourth-order valence-corrected chi connectivity index (χ4v) is 2.59. The van der Waals surface area contributed by atoms with Crippen LogP contribution in [0.1, 0.15) is 20.3 Å². The van der Waals surface area contributed by atoms with Gasteiger partial charge in [0.15, 0.2) is 0 Å². The van der Waals surface area contributed by atoms with Gasteiger partial charge in [0.05, 0.1) is 32.9 Å². The van der Waals surface area contributed by atoms with E-state index in [1.807, 2.05) is 24.0 Å². The average molecular weight is 392 g/mol. The third-order valence-electron chi connectivity index (χ3n) is 4.36. The van der Waals surface area contributed by atoms with Crippen molar-refractivity contribution in [2.24, 2.45) is 0 Å². The third kappa shape index (κ3) is 9.01. The molecule has 2 amide bonds. The molecule has 1 rings (SSSR count). The molecule has 2 unspecified atom stereocenters. The van der Waals surface area contributed by atoms with Crippen LogP contribution >= 0.6 is 0 Å². The molecule has 0 radical (unpaired) electrons. The van der Waals surface area contributed by atoms with Crippen molar-refractivity contribution in [3.8, 4) is 0 Å². The number of ether oxygens (including phenoxy) is 2. The standard InChI is InChI=1S/C21H33N3O4/c1-6-18(27-5)9-7-8-10-19(16(2)3)23-21(26)17(4)22-20(25)15-24-11-13-28-14-12-24/h6-9,17,19H,1-2,10-15H2,3-5H3,(H,22,25)(H,23,26)/b8-7+,18-9+. The second kappa shape index (κ2) is 12.9. The van der Waals surface area contributed by atoms with Crippen LogP contribution in [-0.2, 0) is 19.1 Å². The first-order chi connectivity index (χ1) is 13.4. The first-order valence-electron chi connectivity index (χ1n) is 9.45. The van der Waals surface area contributed by atoms with Crippen LogP contribution in [0.15, 0.2) is 48.8 Å². The summed E-state index contributed by atoms with van der Waals surface area (Å²) in [5.41, 5.74) is 0.838. The molecule has 0 aliphatic carbocycles. The zero-order valence-corrected chi connectivity index (χ0v) is 17.2. The number of methoxy groups -OCH3 is 1. The Morgan fingerprint density at radius 1 is 1.29 bits per heavy atom. The molecule has 7 heteroatoms. The SMILES string of the molecule is C=C/C(=C\C=C\CC(NC(=O)C(C)NC(=O)CN1CCOCC1)C(=C)C)OC. The second-order valence-electron chi connectivity index (χ2n) is 6.73. The summed E-state index contributed by atoms with van der Waals surface area (Å²) in [6.07, 6.45) is 7.75. The summed E-state index contributed by atoms with van der Waals surface area (Å²) in [7, 11) is 1.58. The first-order valence-corrected chi connectivity index (χ1v) is 9.45. The molecule has 0 saturated carbocycles. The van der Waals surface area contributed by atoms with Crippen molar-refractivity contribution in [3.05, 3.63) is 48.8 Å². The van der Waals surface area contributed by atoms with Crippen molar-refractivity contribution in [1.29, 1.82) is 0 Å². The fraction of sp³-hybridized carbons (Fsp3) is 0.524. The lowest BCUT2D eigenvalue weighted by Gasteiger charge is -2.26. The van der Waals surface area contributed by atoms with Gasteiger partial charge < -0.3 is 20.1 Å². The van der Waals surface area contributed by atoms with Crippen molar-refractivity contribution in [2.75, 3.05) is 40.0 Å². The lowest BCUT2D eigenvalue weighted by Crippen LogP contribution is -2.51. The maximum Gasteiger partial charge on any atom is 0.242 e. The molecule has 0 aromatic rings. The molecular formula is C21H33N3O4. The molecular weight excluding hydrogens is 358 g/mol. The number of carbonyl (C=O) groups excluding carboxylic acids is 2. The maximum atomic E-state index is 12.4. The minimum atomic E-state index is -0.625. The number of carbonyl (C=O) groups is 2. The van der Waals surface area contributed by atoms with Crippen molar-refractivity contribution in [3.63, 3.8) is 0 Å². The van der Waals surface area contributed by atoms with Crippen LogP contribution in [0.4, 0.5) is 0 Å². The van der Waals surface area contributed by atoms with E-state index in [9.17, 15) is 9.59 Å². The van der Waals surface area contributed by atoms with Gasteiger partial charge in [0.1, 0.15) is 11.8 Å². The largest absolute Gasteiger partial charge is 0.497 e. The van der Waals surface area contributed by atoms with Gasteiger partial charge in [0.25, 0.3) is 0 Å². The Hall–Kier alpha value is -2.38. The van der Waals surface area contributed by atoms with E-state index in [2.05, 4.69) is 23.8 Å². The second-order valence-corrected chi connectivity index (χ2v) is 6.73. The normalized spacial score (nSPS) is 17.6. The highest BCUT2D eigenvalue weighted by Crippen LogP contribution is 2.06. The zero-order chi connectivity index (χ0) is 20.9. The number of amides is 2. The van der Waals surface area contributed by atoms with Crippen molar-refractivity contribution >= 4 is 11.8 Å². The van der Waals surface area contributed by atoms with Crippen LogP contribution in [0.5, 0.6) is 0 Å². The van der Waals surface area contributed by atoms with Crippen LogP contribution < -0.4 is 10.6 Å². The lowest BCUT2D eigenvalue weighted by atomic mass is 10.1. The Bertz CT molecular complexity index is 607. The van der Waals surface area contributed by atoms with E-state index in [0.717, 1.165) is 18.7 Å². The number of morpholine rings is 1. The van der Waals surface area contributed by atoms with Crippen LogP contribution in [-0.4, -0.2) is 68.8 Å². The van der Waals surface area contributed by atoms with Crippen LogP contribution in [0, 0.1) is 0 Å². The lowest BCUT2D eigenvalue weighted by molar-refractivity contribution is -0.129. The minimum Gasteiger partial charge on any atom is -0.497 e. The number of allylic oxidation sites excluding steroid dienone is 3. The van der Waals surface area contributed by atoms with Gasteiger partial charge in [-0.2, -0.15) is 0 Å². The van der Waals surface area contributed by atoms with Gasteiger partial charge in [-0.05, 0) is 32.4 Å². The molecule has 1 aliphatic heterocycles. The molecule has 2 atom stereocenters. The summed E-state index contributed by atoms with van der Waals surface area (Å²) in [5.74, 6) is 0.248. The van der Waals surface area contributed by atoms with E-state index in [4.69, 9.17) is 9.47 Å². The van der Waals surface area contributed by atoms with Crippen LogP contribution in [0.25, 0.3) is 0 Å². The Labute approximate surface area is 168 Å². The highest BCUT2D eigenvalue weighted by atomic mass is 16.5. The van der Waals surface area contributed by atoms with Gasteiger partial charge in [0, 0.05) is 13.1 Å². The van der Waals surface area contributed by atoms with Gasteiger partial charge in [-0.3, -0.25) is 14.5 Å². The molecule has 1 saturated heterocycles. The van der Waals surface area contributed by atoms with E-state index >= 15 is 0 Å². The van der Waals surface area contributed by atoms with Gasteiger partial charge in [-0.15, -0.1) is 0 Å². The van der Waals surface area contributed by atoms with Crippen molar-refractivity contribution in [1.82, 2.24) is 15.5 Å². The van der Waals surface area contributed by atoms with Gasteiger partial charge in [-0.25, -0.2) is 0 Å². The summed E-state index contributed by atoms with van der Waals surface area (Å²) in [5, 5.41) is 5.68. The van der Waals surface area contributed by atoms with E-state index < -0.39 is 6.04 Å². The summed E-state index contributed by atoms with van der Waals surface area (Å²) in [6, 6.07) is -0.842. The molecule has 2 N–H and O–H groups in total. The maximum absolute atomic E-state index is 12.4. The van der Waals surface area contributed by atoms with Crippen molar-refractivity contribution in [2.45, 2.75) is 32.4 Å². The first kappa shape index (κ1) is 23.7. The van der Waals surface area contributed by atoms with Crippen LogP contribution in [0.2, 0.25) is 0 Å². The Balaban J connectivity index is 2.49. The zero-order valence-electron chi connectivity index (χ0n) is 17.2. The number of hydrogen-bond donors (Lipinski definition) is 2. The highest BCUT2D eigenvalue weighted by molar-refractivity contribution is 5.88. The third-order valence-corrected chi connectivity index (χ3v) is 4.36. The van der Waals surface area contributed by atoms with Gasteiger partial charge in [-0.1, -0.05) is 30.9 Å². The quantitative estimate of drug-likeness (QED) is 0.317. The predicted molar refractivity (Wildman–Crippen MR) is 111 cm³/mol. The molecule has 1 aliphatic rings. The monoisotopic (exact) mass is 391 g/mol. The number of rotatable bonds is 11. The number of hydrogen-bond acceptors (Lipinski definition) is 5. The molecule has 156 valence electrons. The predicted octanol–water partition coefficient (Wildman–Crippen LogP) is 1.55. The molecule has 0 bridgehead atoms. The average Bonchev–Trinajstić information content (AvgIpc) is 2.67. The summed E-state index contributed by atoms with van der Waals surface area (Å²) in [4.78, 5) is 26.6. The molecule has 0 aromatic carbocycles. The van der Waals surface area contributed by atoms with Crippen molar-refractivity contribution < 1.29 is 19.1 Å². The topological polar surface area (TPSA) is 79.9 Å². The van der Waals surface area contributed by atoms with Gasteiger partial charge in [0.2, 0.25) is 11.8 Å². The summed E-state index contributed by atoms with van der Waals surface area (Å²) < 4.78 is 10.4. The van der Waals surface area contributed by atoms with E-state index in [1.54, 1.807) is 26.2 Å². The molecule has 1 heterocycles. The number of nitrogens with one attached hydrogen (secondary N) is 2. The van der Waals surface area contributed by atoms with E-state index in [-0.39, 0.29) is 24.4 Å². The molecule has 28 heavy (non-hydrogen) atoms. The molecule has 1 fully saturated rings. The van der Waals surface area contributed by atoms with E-state index in [1.165, 1.54) is 0 Å². The highest BCUT2D eigenvalue weighted by Gasteiger charge is 2.21. The Morgan fingerprint density at radius 3 is 2.54 bits per heavy atom. The molecule has 0 aromatic heterocycles. The molecule has 7 nitrogen and oxygen atoms in total. The minimum absolute atomic E-state index is 0.169. The Kier molecular flexibility index (Phi) is 10.9. The van der Waals surface area contributed by atoms with Gasteiger partial charge >= 0.3 is 0 Å². The summed E-state index contributed by atoms with van der Waals surface area (Å²) in [6.45, 7) is 14.1. The fourth-order valence-electron chi connectivity index (χ4n) is 2.59. The molecule has 0 spiro atoms. The summed E-state index contributed by atoms with van der Waals surface area (Å²) >= 11 is 0.